The lowest BCUT2D eigenvalue weighted by molar-refractivity contribution is -0.116. The lowest BCUT2D eigenvalue weighted by Crippen LogP contribution is -2.31. The van der Waals surface area contributed by atoms with E-state index < -0.39 is 5.92 Å². The first-order valence-corrected chi connectivity index (χ1v) is 10.5. The minimum Gasteiger partial charge on any atom is -0.481 e. The number of rotatable bonds is 6. The van der Waals surface area contributed by atoms with Crippen LogP contribution in [0.15, 0.2) is 58.5 Å². The van der Waals surface area contributed by atoms with Gasteiger partial charge >= 0.3 is 0 Å². The van der Waals surface area contributed by atoms with Crippen LogP contribution in [0.1, 0.15) is 29.0 Å². The minimum absolute atomic E-state index is 0.129. The molecule has 0 saturated carbocycles. The van der Waals surface area contributed by atoms with Crippen molar-refractivity contribution < 1.29 is 13.9 Å². The summed E-state index contributed by atoms with van der Waals surface area (Å²) in [5.41, 5.74) is 1.36. The Kier molecular flexibility index (Phi) is 6.05. The Balaban J connectivity index is 1.60. The van der Waals surface area contributed by atoms with Gasteiger partial charge in [0.15, 0.2) is 5.16 Å². The number of ether oxygens (including phenoxy) is 1. The first kappa shape index (κ1) is 20.7. The summed E-state index contributed by atoms with van der Waals surface area (Å²) < 4.78 is 19.2. The molecule has 2 N–H and O–H groups in total. The Morgan fingerprint density at radius 3 is 2.71 bits per heavy atom. The van der Waals surface area contributed by atoms with Crippen molar-refractivity contribution in [1.82, 2.24) is 9.97 Å². The molecule has 1 amide bonds. The Morgan fingerprint density at radius 2 is 1.97 bits per heavy atom. The summed E-state index contributed by atoms with van der Waals surface area (Å²) in [7, 11) is 0. The number of benzene rings is 2. The number of hydrogen-bond donors (Lipinski definition) is 2. The summed E-state index contributed by atoms with van der Waals surface area (Å²) in [5, 5.41) is 3.00. The lowest BCUT2D eigenvalue weighted by Gasteiger charge is -2.24. The standard InChI is InChI=1S/C23H18FN3O3S/c1-2-11-30-16-9-7-14(8-10-16)17-12-19(28)25-21-20(17)22(29)27-23(26-21)31-13-15-5-3-4-6-18(15)24/h1,3-10,17H,11-13H2,(H2,25,26,27,28,29)/t17-/m0/s1. The Bertz CT molecular complexity index is 1220. The van der Waals surface area contributed by atoms with Gasteiger partial charge in [-0.05, 0) is 29.3 Å². The number of aromatic amines is 1. The third kappa shape index (κ3) is 4.62. The van der Waals surface area contributed by atoms with Crippen molar-refractivity contribution in [1.29, 1.82) is 0 Å². The number of H-pyrrole nitrogens is 1. The molecule has 0 spiro atoms. The van der Waals surface area contributed by atoms with Crippen molar-refractivity contribution in [2.75, 3.05) is 11.9 Å². The average Bonchev–Trinajstić information content (AvgIpc) is 2.76. The first-order chi connectivity index (χ1) is 15.0. The summed E-state index contributed by atoms with van der Waals surface area (Å²) in [6, 6.07) is 13.5. The van der Waals surface area contributed by atoms with Gasteiger partial charge in [-0.2, -0.15) is 0 Å². The predicted octanol–water partition coefficient (Wildman–Crippen LogP) is 3.69. The molecule has 0 saturated heterocycles. The van der Waals surface area contributed by atoms with Crippen LogP contribution in [-0.4, -0.2) is 22.5 Å². The zero-order chi connectivity index (χ0) is 21.8. The number of anilines is 1. The lowest BCUT2D eigenvalue weighted by atomic mass is 9.87. The molecule has 1 aromatic heterocycles. The van der Waals surface area contributed by atoms with E-state index in [1.54, 1.807) is 42.5 Å². The molecular formula is C23H18FN3O3S. The summed E-state index contributed by atoms with van der Waals surface area (Å²) >= 11 is 1.19. The van der Waals surface area contributed by atoms with Gasteiger partial charge in [-0.25, -0.2) is 9.37 Å². The quantitative estimate of drug-likeness (QED) is 0.351. The van der Waals surface area contributed by atoms with Crippen molar-refractivity contribution >= 4 is 23.5 Å². The molecule has 1 aliphatic rings. The molecule has 4 rings (SSSR count). The number of nitrogens with zero attached hydrogens (tertiary/aromatic N) is 1. The van der Waals surface area contributed by atoms with E-state index in [1.807, 2.05) is 0 Å². The number of carbonyl (C=O) groups is 1. The second kappa shape index (κ2) is 9.06. The zero-order valence-corrected chi connectivity index (χ0v) is 17.2. The van der Waals surface area contributed by atoms with Gasteiger partial charge in [0, 0.05) is 18.1 Å². The molecule has 0 radical (unpaired) electrons. The number of hydrogen-bond acceptors (Lipinski definition) is 5. The Morgan fingerprint density at radius 1 is 1.19 bits per heavy atom. The molecule has 1 aliphatic heterocycles. The van der Waals surface area contributed by atoms with E-state index in [-0.39, 0.29) is 36.1 Å². The topological polar surface area (TPSA) is 84.1 Å². The number of aromatic nitrogens is 2. The van der Waals surface area contributed by atoms with Crippen LogP contribution >= 0.6 is 11.8 Å². The number of carbonyl (C=O) groups excluding carboxylic acids is 1. The fourth-order valence-corrected chi connectivity index (χ4v) is 4.23. The molecule has 0 unspecified atom stereocenters. The third-order valence-electron chi connectivity index (χ3n) is 4.86. The largest absolute Gasteiger partial charge is 0.481 e. The van der Waals surface area contributed by atoms with Gasteiger partial charge in [-0.15, -0.1) is 6.42 Å². The summed E-state index contributed by atoms with van der Waals surface area (Å²) in [6.07, 6.45) is 5.33. The van der Waals surface area contributed by atoms with Gasteiger partial charge in [-0.1, -0.05) is 48.0 Å². The van der Waals surface area contributed by atoms with Crippen LogP contribution in [-0.2, 0) is 10.5 Å². The highest BCUT2D eigenvalue weighted by atomic mass is 32.2. The van der Waals surface area contributed by atoms with E-state index >= 15 is 0 Å². The third-order valence-corrected chi connectivity index (χ3v) is 5.78. The molecule has 31 heavy (non-hydrogen) atoms. The maximum absolute atomic E-state index is 13.9. The minimum atomic E-state index is -0.438. The van der Waals surface area contributed by atoms with Crippen molar-refractivity contribution in [3.8, 4) is 18.1 Å². The maximum Gasteiger partial charge on any atom is 0.257 e. The van der Waals surface area contributed by atoms with Crippen molar-refractivity contribution in [2.24, 2.45) is 0 Å². The monoisotopic (exact) mass is 435 g/mol. The molecule has 0 fully saturated rings. The van der Waals surface area contributed by atoms with Crippen molar-refractivity contribution in [2.45, 2.75) is 23.2 Å². The van der Waals surface area contributed by atoms with Gasteiger partial charge in [0.1, 0.15) is 24.0 Å². The van der Waals surface area contributed by atoms with Crippen LogP contribution in [0.5, 0.6) is 5.75 Å². The maximum atomic E-state index is 13.9. The number of fused-ring (bicyclic) bond motifs is 1. The van der Waals surface area contributed by atoms with E-state index in [4.69, 9.17) is 11.2 Å². The molecule has 2 heterocycles. The second-order valence-corrected chi connectivity index (χ2v) is 7.84. The van der Waals surface area contributed by atoms with Crippen LogP contribution in [0.25, 0.3) is 0 Å². The fraction of sp³-hybridized carbons (Fsp3) is 0.174. The van der Waals surface area contributed by atoms with Gasteiger partial charge in [0.25, 0.3) is 5.56 Å². The van der Waals surface area contributed by atoms with Gasteiger partial charge < -0.3 is 15.0 Å². The van der Waals surface area contributed by atoms with Crippen molar-refractivity contribution in [3.05, 3.63) is 81.4 Å². The van der Waals surface area contributed by atoms with Gasteiger partial charge in [0.2, 0.25) is 5.91 Å². The number of thioether (sulfide) groups is 1. The van der Waals surface area contributed by atoms with Crippen LogP contribution in [0.3, 0.4) is 0 Å². The summed E-state index contributed by atoms with van der Waals surface area (Å²) in [4.78, 5) is 32.3. The van der Waals surface area contributed by atoms with E-state index in [9.17, 15) is 14.0 Å². The van der Waals surface area contributed by atoms with E-state index in [1.165, 1.54) is 17.8 Å². The predicted molar refractivity (Wildman–Crippen MR) is 117 cm³/mol. The highest BCUT2D eigenvalue weighted by Gasteiger charge is 2.31. The van der Waals surface area contributed by atoms with Crippen molar-refractivity contribution in [3.63, 3.8) is 0 Å². The molecule has 8 heteroatoms. The smallest absolute Gasteiger partial charge is 0.257 e. The molecular weight excluding hydrogens is 417 g/mol. The van der Waals surface area contributed by atoms with E-state index in [0.29, 0.717) is 27.8 Å². The second-order valence-electron chi connectivity index (χ2n) is 6.88. The summed E-state index contributed by atoms with van der Waals surface area (Å²) in [5.74, 6) is 2.54. The molecule has 0 aliphatic carbocycles. The Labute approximate surface area is 182 Å². The normalized spacial score (nSPS) is 15.0. The van der Waals surface area contributed by atoms with E-state index in [2.05, 4.69) is 21.2 Å². The number of amides is 1. The van der Waals surface area contributed by atoms with Crippen LogP contribution in [0.2, 0.25) is 0 Å². The first-order valence-electron chi connectivity index (χ1n) is 9.51. The Hall–Kier alpha value is -3.57. The molecule has 3 aromatic rings. The van der Waals surface area contributed by atoms with Crippen LogP contribution in [0, 0.1) is 18.2 Å². The molecule has 156 valence electrons. The highest BCUT2D eigenvalue weighted by Crippen LogP contribution is 2.35. The summed E-state index contributed by atoms with van der Waals surface area (Å²) in [6.45, 7) is 0.158. The number of nitrogens with one attached hydrogen (secondary N) is 2. The fourth-order valence-electron chi connectivity index (χ4n) is 3.39. The van der Waals surface area contributed by atoms with Crippen LogP contribution < -0.4 is 15.6 Å². The van der Waals surface area contributed by atoms with E-state index in [0.717, 1.165) is 5.56 Å². The highest BCUT2D eigenvalue weighted by molar-refractivity contribution is 7.98. The number of terminal acetylenes is 1. The van der Waals surface area contributed by atoms with Gasteiger partial charge in [-0.3, -0.25) is 9.59 Å². The average molecular weight is 435 g/mol. The molecule has 1 atom stereocenters. The van der Waals surface area contributed by atoms with Crippen LogP contribution in [0.4, 0.5) is 10.2 Å². The molecule has 2 aromatic carbocycles. The number of halogens is 1. The molecule has 0 bridgehead atoms. The zero-order valence-electron chi connectivity index (χ0n) is 16.4. The SMILES string of the molecule is C#CCOc1ccc([C@@H]2CC(=O)Nc3nc(SCc4ccccc4F)[nH]c(=O)c32)cc1. The van der Waals surface area contributed by atoms with Gasteiger partial charge in [0.05, 0.1) is 5.56 Å². The molecule has 6 nitrogen and oxygen atoms in total.